The zero-order valence-corrected chi connectivity index (χ0v) is 10.6. The van der Waals surface area contributed by atoms with Crippen LogP contribution in [-0.2, 0) is 4.79 Å². The van der Waals surface area contributed by atoms with E-state index in [0.717, 1.165) is 11.3 Å². The Bertz CT molecular complexity index is 581. The fraction of sp³-hybridized carbons (Fsp3) is 0.214. The third-order valence-electron chi connectivity index (χ3n) is 2.75. The van der Waals surface area contributed by atoms with Crippen molar-refractivity contribution in [3.8, 4) is 11.3 Å². The first kappa shape index (κ1) is 13.2. The van der Waals surface area contributed by atoms with Crippen molar-refractivity contribution < 1.29 is 9.90 Å². The molecule has 19 heavy (non-hydrogen) atoms. The first-order chi connectivity index (χ1) is 9.06. The second kappa shape index (κ2) is 5.58. The molecule has 0 aliphatic heterocycles. The Labute approximate surface area is 111 Å². The van der Waals surface area contributed by atoms with Crippen molar-refractivity contribution >= 4 is 5.97 Å². The fourth-order valence-electron chi connectivity index (χ4n) is 1.72. The van der Waals surface area contributed by atoms with Gasteiger partial charge in [-0.15, -0.1) is 0 Å². The molecule has 1 unspecified atom stereocenters. The van der Waals surface area contributed by atoms with Crippen molar-refractivity contribution in [2.45, 2.75) is 19.4 Å². The molecular formula is C14H15N3O2. The van der Waals surface area contributed by atoms with E-state index in [1.807, 2.05) is 31.2 Å². The van der Waals surface area contributed by atoms with Gasteiger partial charge in [0.15, 0.2) is 0 Å². The molecule has 5 nitrogen and oxygen atoms in total. The first-order valence-corrected chi connectivity index (χ1v) is 5.93. The Morgan fingerprint density at radius 1 is 1.32 bits per heavy atom. The van der Waals surface area contributed by atoms with E-state index in [9.17, 15) is 4.79 Å². The van der Waals surface area contributed by atoms with E-state index in [1.165, 1.54) is 5.56 Å². The monoisotopic (exact) mass is 257 g/mol. The van der Waals surface area contributed by atoms with Crippen LogP contribution in [0, 0.1) is 6.92 Å². The molecule has 0 amide bonds. The molecule has 0 radical (unpaired) electrons. The number of hydrogen-bond donors (Lipinski definition) is 2. The molecule has 0 aliphatic rings. The van der Waals surface area contributed by atoms with Gasteiger partial charge in [-0.25, -0.2) is 9.97 Å². The van der Waals surface area contributed by atoms with Gasteiger partial charge in [0.25, 0.3) is 0 Å². The van der Waals surface area contributed by atoms with Crippen LogP contribution in [0.15, 0.2) is 36.5 Å². The highest BCUT2D eigenvalue weighted by molar-refractivity contribution is 5.67. The Morgan fingerprint density at radius 2 is 2.00 bits per heavy atom. The normalized spacial score (nSPS) is 12.1. The van der Waals surface area contributed by atoms with Crippen LogP contribution in [0.3, 0.4) is 0 Å². The molecule has 0 spiro atoms. The van der Waals surface area contributed by atoms with Crippen molar-refractivity contribution in [3.63, 3.8) is 0 Å². The number of carbonyl (C=O) groups is 1. The lowest BCUT2D eigenvalue weighted by molar-refractivity contribution is -0.137. The zero-order chi connectivity index (χ0) is 13.8. The van der Waals surface area contributed by atoms with Gasteiger partial charge in [-0.3, -0.25) is 4.79 Å². The molecule has 1 aromatic carbocycles. The van der Waals surface area contributed by atoms with Gasteiger partial charge in [-0.05, 0) is 13.0 Å². The smallest absolute Gasteiger partial charge is 0.305 e. The number of nitrogens with two attached hydrogens (primary N) is 1. The largest absolute Gasteiger partial charge is 0.481 e. The number of carboxylic acids is 1. The van der Waals surface area contributed by atoms with E-state index in [-0.39, 0.29) is 6.42 Å². The van der Waals surface area contributed by atoms with E-state index in [4.69, 9.17) is 10.8 Å². The van der Waals surface area contributed by atoms with Crippen molar-refractivity contribution in [2.24, 2.45) is 5.73 Å². The number of aryl methyl sites for hydroxylation is 1. The number of aliphatic carboxylic acids is 1. The molecule has 1 aromatic heterocycles. The summed E-state index contributed by atoms with van der Waals surface area (Å²) >= 11 is 0. The average molecular weight is 257 g/mol. The Morgan fingerprint density at radius 3 is 2.63 bits per heavy atom. The molecule has 98 valence electrons. The summed E-state index contributed by atoms with van der Waals surface area (Å²) in [5, 5.41) is 8.73. The van der Waals surface area contributed by atoms with Crippen LogP contribution in [-0.4, -0.2) is 21.0 Å². The van der Waals surface area contributed by atoms with Crippen molar-refractivity contribution in [3.05, 3.63) is 47.9 Å². The lowest BCUT2D eigenvalue weighted by Gasteiger charge is -2.09. The van der Waals surface area contributed by atoms with Gasteiger partial charge in [0, 0.05) is 11.8 Å². The highest BCUT2D eigenvalue weighted by Gasteiger charge is 2.14. The molecule has 0 bridgehead atoms. The van der Waals surface area contributed by atoms with Gasteiger partial charge in [0.1, 0.15) is 5.82 Å². The van der Waals surface area contributed by atoms with Gasteiger partial charge in [0.2, 0.25) is 0 Å². The number of benzene rings is 1. The summed E-state index contributed by atoms with van der Waals surface area (Å²) in [6.45, 7) is 2.01. The summed E-state index contributed by atoms with van der Waals surface area (Å²) in [5.41, 5.74) is 8.63. The van der Waals surface area contributed by atoms with Gasteiger partial charge >= 0.3 is 5.97 Å². The molecule has 0 saturated heterocycles. The maximum absolute atomic E-state index is 10.6. The SMILES string of the molecule is Cc1ccc(-c2ccnc(C(N)CC(=O)O)n2)cc1. The van der Waals surface area contributed by atoms with Gasteiger partial charge in [-0.2, -0.15) is 0 Å². The highest BCUT2D eigenvalue weighted by atomic mass is 16.4. The van der Waals surface area contributed by atoms with E-state index in [0.29, 0.717) is 5.82 Å². The van der Waals surface area contributed by atoms with Crippen molar-refractivity contribution in [1.29, 1.82) is 0 Å². The third-order valence-corrected chi connectivity index (χ3v) is 2.75. The van der Waals surface area contributed by atoms with E-state index in [1.54, 1.807) is 12.3 Å². The zero-order valence-electron chi connectivity index (χ0n) is 10.6. The molecule has 0 saturated carbocycles. The van der Waals surface area contributed by atoms with Crippen LogP contribution < -0.4 is 5.73 Å². The molecule has 0 aliphatic carbocycles. The van der Waals surface area contributed by atoms with Crippen LogP contribution >= 0.6 is 0 Å². The number of hydrogen-bond acceptors (Lipinski definition) is 4. The summed E-state index contributed by atoms with van der Waals surface area (Å²) in [6, 6.07) is 9.00. The summed E-state index contributed by atoms with van der Waals surface area (Å²) in [4.78, 5) is 19.0. The molecule has 2 aromatic rings. The molecule has 2 rings (SSSR count). The van der Waals surface area contributed by atoms with Crippen LogP contribution in [0.1, 0.15) is 23.9 Å². The van der Waals surface area contributed by atoms with Gasteiger partial charge < -0.3 is 10.8 Å². The molecule has 1 heterocycles. The summed E-state index contributed by atoms with van der Waals surface area (Å²) < 4.78 is 0. The number of carboxylic acid groups (broad SMARTS) is 1. The lowest BCUT2D eigenvalue weighted by Crippen LogP contribution is -2.18. The second-order valence-electron chi connectivity index (χ2n) is 4.37. The van der Waals surface area contributed by atoms with Gasteiger partial charge in [-0.1, -0.05) is 29.8 Å². The summed E-state index contributed by atoms with van der Waals surface area (Å²) in [6.07, 6.45) is 1.41. The van der Waals surface area contributed by atoms with Crippen molar-refractivity contribution in [1.82, 2.24) is 9.97 Å². The average Bonchev–Trinajstić information content (AvgIpc) is 2.39. The Hall–Kier alpha value is -2.27. The topological polar surface area (TPSA) is 89.1 Å². The molecular weight excluding hydrogens is 242 g/mol. The van der Waals surface area contributed by atoms with E-state index < -0.39 is 12.0 Å². The van der Waals surface area contributed by atoms with Crippen LogP contribution in [0.25, 0.3) is 11.3 Å². The first-order valence-electron chi connectivity index (χ1n) is 5.93. The second-order valence-corrected chi connectivity index (χ2v) is 4.37. The number of nitrogens with zero attached hydrogens (tertiary/aromatic N) is 2. The number of aromatic nitrogens is 2. The van der Waals surface area contributed by atoms with Crippen LogP contribution in [0.2, 0.25) is 0 Å². The number of rotatable bonds is 4. The van der Waals surface area contributed by atoms with E-state index in [2.05, 4.69) is 9.97 Å². The summed E-state index contributed by atoms with van der Waals surface area (Å²) in [5.74, 6) is -0.614. The minimum Gasteiger partial charge on any atom is -0.481 e. The Balaban J connectivity index is 2.28. The van der Waals surface area contributed by atoms with Gasteiger partial charge in [0.05, 0.1) is 18.2 Å². The Kier molecular flexibility index (Phi) is 3.87. The summed E-state index contributed by atoms with van der Waals surface area (Å²) in [7, 11) is 0. The fourth-order valence-corrected chi connectivity index (χ4v) is 1.72. The highest BCUT2D eigenvalue weighted by Crippen LogP contribution is 2.19. The lowest BCUT2D eigenvalue weighted by atomic mass is 10.1. The minimum absolute atomic E-state index is 0.183. The molecule has 5 heteroatoms. The maximum Gasteiger partial charge on any atom is 0.305 e. The standard InChI is InChI=1S/C14H15N3O2/c1-9-2-4-10(5-3-9)12-6-7-16-14(17-12)11(15)8-13(18)19/h2-7,11H,8,15H2,1H3,(H,18,19). The van der Waals surface area contributed by atoms with E-state index >= 15 is 0 Å². The predicted molar refractivity (Wildman–Crippen MR) is 71.4 cm³/mol. The quantitative estimate of drug-likeness (QED) is 0.873. The minimum atomic E-state index is -0.961. The third kappa shape index (κ3) is 3.35. The molecule has 0 fully saturated rings. The predicted octanol–water partition coefficient (Wildman–Crippen LogP) is 1.93. The molecule has 3 N–H and O–H groups in total. The van der Waals surface area contributed by atoms with Crippen LogP contribution in [0.5, 0.6) is 0 Å². The maximum atomic E-state index is 10.6. The van der Waals surface area contributed by atoms with Crippen LogP contribution in [0.4, 0.5) is 0 Å². The van der Waals surface area contributed by atoms with Crippen molar-refractivity contribution in [2.75, 3.05) is 0 Å². The molecule has 1 atom stereocenters.